The van der Waals surface area contributed by atoms with Crippen molar-refractivity contribution in [3.05, 3.63) is 51.5 Å². The Labute approximate surface area is 167 Å². The van der Waals surface area contributed by atoms with Gasteiger partial charge in [0.25, 0.3) is 0 Å². The van der Waals surface area contributed by atoms with E-state index >= 15 is 0 Å². The molecule has 8 nitrogen and oxygen atoms in total. The summed E-state index contributed by atoms with van der Waals surface area (Å²) >= 11 is 5.96. The fraction of sp³-hybridized carbons (Fsp3) is 0.368. The molecule has 0 saturated heterocycles. The molecule has 148 valence electrons. The Morgan fingerprint density at radius 1 is 1.25 bits per heavy atom. The number of aryl methyl sites for hydroxylation is 1. The van der Waals surface area contributed by atoms with Crippen molar-refractivity contribution in [2.45, 2.75) is 39.8 Å². The van der Waals surface area contributed by atoms with Crippen molar-refractivity contribution < 1.29 is 9.53 Å². The number of nitrogens with one attached hydrogen (secondary N) is 1. The predicted molar refractivity (Wildman–Crippen MR) is 108 cm³/mol. The Morgan fingerprint density at radius 2 is 2.00 bits per heavy atom. The van der Waals surface area contributed by atoms with Crippen molar-refractivity contribution in [2.75, 3.05) is 11.9 Å². The van der Waals surface area contributed by atoms with Gasteiger partial charge in [0.05, 0.1) is 19.5 Å². The van der Waals surface area contributed by atoms with E-state index < -0.39 is 11.7 Å². The molecule has 3 aromatic rings. The number of rotatable bonds is 7. The smallest absolute Gasteiger partial charge is 0.413 e. The quantitative estimate of drug-likeness (QED) is 0.608. The number of aromatic nitrogens is 4. The third-order valence-electron chi connectivity index (χ3n) is 4.28. The number of imidazole rings is 1. The van der Waals surface area contributed by atoms with Gasteiger partial charge in [-0.3, -0.25) is 14.7 Å². The molecule has 0 spiro atoms. The third-order valence-corrected chi connectivity index (χ3v) is 4.53. The minimum atomic E-state index is -0.653. The first kappa shape index (κ1) is 19.9. The molecule has 1 amide bonds. The highest BCUT2D eigenvalue weighted by atomic mass is 35.5. The Balaban J connectivity index is 2.02. The van der Waals surface area contributed by atoms with E-state index in [0.29, 0.717) is 35.9 Å². The molecule has 0 aliphatic heterocycles. The minimum absolute atomic E-state index is 0.0929. The first-order chi connectivity index (χ1) is 13.5. The normalized spacial score (nSPS) is 11.0. The fourth-order valence-electron chi connectivity index (χ4n) is 2.79. The maximum atomic E-state index is 12.5. The highest BCUT2D eigenvalue weighted by Crippen LogP contribution is 2.18. The lowest BCUT2D eigenvalue weighted by molar-refractivity contribution is 0.159. The lowest BCUT2D eigenvalue weighted by atomic mass is 10.2. The second-order valence-electron chi connectivity index (χ2n) is 6.27. The van der Waals surface area contributed by atoms with E-state index in [-0.39, 0.29) is 5.95 Å². The molecule has 0 saturated carbocycles. The molecular formula is C19H22ClN5O3. The molecule has 0 aliphatic rings. The van der Waals surface area contributed by atoms with Gasteiger partial charge in [-0.1, -0.05) is 37.1 Å². The van der Waals surface area contributed by atoms with Crippen molar-refractivity contribution in [1.29, 1.82) is 0 Å². The maximum Gasteiger partial charge on any atom is 0.413 e. The molecule has 0 unspecified atom stereocenters. The molecule has 28 heavy (non-hydrogen) atoms. The van der Waals surface area contributed by atoms with Crippen LogP contribution >= 0.6 is 11.6 Å². The van der Waals surface area contributed by atoms with Gasteiger partial charge in [0, 0.05) is 11.6 Å². The van der Waals surface area contributed by atoms with Crippen LogP contribution < -0.4 is 10.9 Å². The van der Waals surface area contributed by atoms with Crippen LogP contribution in [0.4, 0.5) is 10.7 Å². The first-order valence-corrected chi connectivity index (χ1v) is 9.55. The molecule has 0 atom stereocenters. The largest absolute Gasteiger partial charge is 0.449 e. The summed E-state index contributed by atoms with van der Waals surface area (Å²) in [4.78, 5) is 33.1. The van der Waals surface area contributed by atoms with Crippen LogP contribution in [0.25, 0.3) is 11.2 Å². The molecule has 0 aliphatic carbocycles. The van der Waals surface area contributed by atoms with E-state index in [1.54, 1.807) is 27.6 Å². The van der Waals surface area contributed by atoms with Gasteiger partial charge in [-0.2, -0.15) is 4.98 Å². The summed E-state index contributed by atoms with van der Waals surface area (Å²) in [6.45, 7) is 5.16. The minimum Gasteiger partial charge on any atom is -0.449 e. The predicted octanol–water partition coefficient (Wildman–Crippen LogP) is 3.66. The molecule has 0 bridgehead atoms. The Bertz CT molecular complexity index is 1030. The van der Waals surface area contributed by atoms with Crippen LogP contribution in [-0.2, 0) is 17.8 Å². The summed E-state index contributed by atoms with van der Waals surface area (Å²) in [5, 5.41) is 3.20. The van der Waals surface area contributed by atoms with Gasteiger partial charge in [-0.25, -0.2) is 9.78 Å². The molecule has 1 N–H and O–H groups in total. The van der Waals surface area contributed by atoms with Crippen molar-refractivity contribution in [3.8, 4) is 0 Å². The number of carbonyl (C=O) groups is 1. The molecule has 3 rings (SSSR count). The Hall–Kier alpha value is -2.87. The maximum absolute atomic E-state index is 12.5. The van der Waals surface area contributed by atoms with Crippen LogP contribution in [0, 0.1) is 0 Å². The molecule has 0 fully saturated rings. The van der Waals surface area contributed by atoms with E-state index in [0.717, 1.165) is 18.4 Å². The van der Waals surface area contributed by atoms with Crippen molar-refractivity contribution in [1.82, 2.24) is 19.1 Å². The summed E-state index contributed by atoms with van der Waals surface area (Å²) in [6, 6.07) is 7.29. The zero-order valence-corrected chi connectivity index (χ0v) is 16.6. The summed E-state index contributed by atoms with van der Waals surface area (Å²) in [7, 11) is 0. The second kappa shape index (κ2) is 8.88. The number of unbranched alkanes of at least 4 members (excludes halogenated alkanes) is 1. The number of fused-ring (bicyclic) bond motifs is 1. The number of hydrogen-bond acceptors (Lipinski definition) is 5. The van der Waals surface area contributed by atoms with Gasteiger partial charge < -0.3 is 9.30 Å². The van der Waals surface area contributed by atoms with E-state index in [1.807, 2.05) is 26.0 Å². The summed E-state index contributed by atoms with van der Waals surface area (Å²) in [5.74, 6) is 0.0929. The van der Waals surface area contributed by atoms with Crippen molar-refractivity contribution in [2.24, 2.45) is 0 Å². The zero-order valence-electron chi connectivity index (χ0n) is 15.8. The average molecular weight is 404 g/mol. The number of ether oxygens (including phenoxy) is 1. The number of halogens is 1. The SMILES string of the molecule is CCCCOC(=O)Nc1nc(=O)c2c(ncn2CC)n1Cc1ccc(Cl)cc1. The summed E-state index contributed by atoms with van der Waals surface area (Å²) in [6.07, 6.45) is 2.61. The molecule has 2 aromatic heterocycles. The topological polar surface area (TPSA) is 91.0 Å². The van der Waals surface area contributed by atoms with Crippen LogP contribution in [0.2, 0.25) is 5.02 Å². The van der Waals surface area contributed by atoms with Crippen LogP contribution in [0.15, 0.2) is 35.4 Å². The number of carbonyl (C=O) groups excluding carboxylic acids is 1. The Morgan fingerprint density at radius 3 is 2.68 bits per heavy atom. The van der Waals surface area contributed by atoms with Gasteiger partial charge in [-0.15, -0.1) is 0 Å². The highest BCUT2D eigenvalue weighted by molar-refractivity contribution is 6.30. The monoisotopic (exact) mass is 403 g/mol. The Kier molecular flexibility index (Phi) is 6.30. The van der Waals surface area contributed by atoms with E-state index in [9.17, 15) is 9.59 Å². The van der Waals surface area contributed by atoms with Gasteiger partial charge in [0.1, 0.15) is 0 Å². The molecule has 9 heteroatoms. The molecule has 2 heterocycles. The van der Waals surface area contributed by atoms with Crippen molar-refractivity contribution >= 4 is 34.8 Å². The number of amides is 1. The van der Waals surface area contributed by atoms with Crippen LogP contribution in [-0.4, -0.2) is 31.8 Å². The number of anilines is 1. The lowest BCUT2D eigenvalue weighted by Crippen LogP contribution is -2.25. The van der Waals surface area contributed by atoms with Gasteiger partial charge in [-0.05, 0) is 31.0 Å². The number of nitrogens with zero attached hydrogens (tertiary/aromatic N) is 4. The van der Waals surface area contributed by atoms with Gasteiger partial charge >= 0.3 is 11.7 Å². The highest BCUT2D eigenvalue weighted by Gasteiger charge is 2.18. The fourth-order valence-corrected chi connectivity index (χ4v) is 2.92. The average Bonchev–Trinajstić information content (AvgIpc) is 3.11. The summed E-state index contributed by atoms with van der Waals surface area (Å²) < 4.78 is 8.55. The standard InChI is InChI=1S/C19H22ClN5O3/c1-3-5-10-28-19(27)23-18-22-17(26)15-16(21-12-24(15)4-2)25(18)11-13-6-8-14(20)9-7-13/h6-9,12H,3-5,10-11H2,1-2H3,(H,22,23,26,27). The number of benzene rings is 1. The second-order valence-corrected chi connectivity index (χ2v) is 6.71. The third kappa shape index (κ3) is 4.33. The number of hydrogen-bond donors (Lipinski definition) is 1. The molecule has 1 aromatic carbocycles. The summed E-state index contributed by atoms with van der Waals surface area (Å²) in [5.41, 5.74) is 1.30. The van der Waals surface area contributed by atoms with Crippen LogP contribution in [0.3, 0.4) is 0 Å². The van der Waals surface area contributed by atoms with Crippen molar-refractivity contribution in [3.63, 3.8) is 0 Å². The van der Waals surface area contributed by atoms with E-state index in [1.165, 1.54) is 0 Å². The van der Waals surface area contributed by atoms with Crippen LogP contribution in [0.5, 0.6) is 0 Å². The van der Waals surface area contributed by atoms with E-state index in [4.69, 9.17) is 16.3 Å². The molecular weight excluding hydrogens is 382 g/mol. The zero-order chi connectivity index (χ0) is 20.1. The van der Waals surface area contributed by atoms with E-state index in [2.05, 4.69) is 15.3 Å². The van der Waals surface area contributed by atoms with Gasteiger partial charge in [0.15, 0.2) is 11.2 Å². The first-order valence-electron chi connectivity index (χ1n) is 9.17. The van der Waals surface area contributed by atoms with Crippen LogP contribution in [0.1, 0.15) is 32.3 Å². The van der Waals surface area contributed by atoms with Gasteiger partial charge in [0.2, 0.25) is 5.95 Å². The lowest BCUT2D eigenvalue weighted by Gasteiger charge is -2.14. The molecule has 0 radical (unpaired) electrons.